The Labute approximate surface area is 124 Å². The fraction of sp³-hybridized carbons (Fsp3) is 1.00. The molecule has 0 aromatic carbocycles. The van der Waals surface area contributed by atoms with Crippen molar-refractivity contribution in [2.75, 3.05) is 12.8 Å². The maximum atomic E-state index is 11.9. The lowest BCUT2D eigenvalue weighted by atomic mass is 9.75. The Hall–Kier alpha value is -0.0900. The average Bonchev–Trinajstić information content (AvgIpc) is 2.81. The molecule has 2 aliphatic carbocycles. The summed E-state index contributed by atoms with van der Waals surface area (Å²) in [5.74, 6) is 2.09. The van der Waals surface area contributed by atoms with Crippen LogP contribution in [0.5, 0.6) is 0 Å². The van der Waals surface area contributed by atoms with E-state index in [2.05, 4.69) is 19.2 Å². The molecular formula is C16H31NO2S. The standard InChI is InChI=1S/C16H31NO2S/c1-4-17-16(15-10-5-7-12(15)2)13-8-6-9-14(11-13)20(3,18)19/h12-17H,4-11H2,1-3H3. The summed E-state index contributed by atoms with van der Waals surface area (Å²) >= 11 is 0. The van der Waals surface area contributed by atoms with Gasteiger partial charge in [-0.25, -0.2) is 8.42 Å². The molecule has 0 heterocycles. The topological polar surface area (TPSA) is 46.2 Å². The third-order valence-electron chi connectivity index (χ3n) is 5.61. The van der Waals surface area contributed by atoms with Crippen molar-refractivity contribution in [3.05, 3.63) is 0 Å². The molecule has 0 amide bonds. The van der Waals surface area contributed by atoms with Crippen LogP contribution in [0.25, 0.3) is 0 Å². The lowest BCUT2D eigenvalue weighted by Gasteiger charge is -2.39. The lowest BCUT2D eigenvalue weighted by Crippen LogP contribution is -2.46. The normalized spacial score (nSPS) is 37.0. The van der Waals surface area contributed by atoms with Crippen LogP contribution in [-0.4, -0.2) is 32.5 Å². The van der Waals surface area contributed by atoms with Gasteiger partial charge in [0, 0.05) is 12.3 Å². The number of sulfone groups is 1. The van der Waals surface area contributed by atoms with Crippen molar-refractivity contribution in [3.63, 3.8) is 0 Å². The molecule has 3 nitrogen and oxygen atoms in total. The third-order valence-corrected chi connectivity index (χ3v) is 7.25. The Bertz CT molecular complexity index is 407. The highest BCUT2D eigenvalue weighted by Crippen LogP contribution is 2.40. The first-order chi connectivity index (χ1) is 9.43. The van der Waals surface area contributed by atoms with Crippen LogP contribution in [0.15, 0.2) is 0 Å². The minimum Gasteiger partial charge on any atom is -0.314 e. The molecule has 4 heteroatoms. The van der Waals surface area contributed by atoms with Crippen molar-refractivity contribution in [3.8, 4) is 0 Å². The van der Waals surface area contributed by atoms with Gasteiger partial charge < -0.3 is 5.32 Å². The Morgan fingerprint density at radius 2 is 1.85 bits per heavy atom. The van der Waals surface area contributed by atoms with E-state index in [1.165, 1.54) is 31.9 Å². The zero-order valence-corrected chi connectivity index (χ0v) is 14.1. The number of rotatable bonds is 5. The van der Waals surface area contributed by atoms with Crippen molar-refractivity contribution in [1.29, 1.82) is 0 Å². The molecule has 0 radical (unpaired) electrons. The smallest absolute Gasteiger partial charge is 0.150 e. The first kappa shape index (κ1) is 16.3. The molecule has 0 spiro atoms. The van der Waals surface area contributed by atoms with E-state index in [1.54, 1.807) is 0 Å². The zero-order chi connectivity index (χ0) is 14.8. The highest BCUT2D eigenvalue weighted by Gasteiger charge is 2.39. The van der Waals surface area contributed by atoms with Crippen molar-refractivity contribution in [2.45, 2.75) is 70.1 Å². The van der Waals surface area contributed by atoms with Crippen molar-refractivity contribution in [1.82, 2.24) is 5.32 Å². The van der Waals surface area contributed by atoms with Gasteiger partial charge in [0.2, 0.25) is 0 Å². The molecule has 1 N–H and O–H groups in total. The minimum absolute atomic E-state index is 0.0980. The van der Waals surface area contributed by atoms with E-state index in [4.69, 9.17) is 0 Å². The highest BCUT2D eigenvalue weighted by molar-refractivity contribution is 7.91. The zero-order valence-electron chi connectivity index (χ0n) is 13.3. The number of nitrogens with one attached hydrogen (secondary N) is 1. The van der Waals surface area contributed by atoms with Gasteiger partial charge in [0.25, 0.3) is 0 Å². The van der Waals surface area contributed by atoms with Crippen LogP contribution < -0.4 is 5.32 Å². The van der Waals surface area contributed by atoms with Gasteiger partial charge in [0.1, 0.15) is 9.84 Å². The van der Waals surface area contributed by atoms with Crippen molar-refractivity contribution >= 4 is 9.84 Å². The van der Waals surface area contributed by atoms with Crippen LogP contribution in [-0.2, 0) is 9.84 Å². The van der Waals surface area contributed by atoms with Gasteiger partial charge in [0.15, 0.2) is 0 Å². The summed E-state index contributed by atoms with van der Waals surface area (Å²) < 4.78 is 23.8. The summed E-state index contributed by atoms with van der Waals surface area (Å²) in [6.45, 7) is 5.54. The van der Waals surface area contributed by atoms with Crippen LogP contribution in [0.4, 0.5) is 0 Å². The molecule has 2 rings (SSSR count). The van der Waals surface area contributed by atoms with Crippen LogP contribution in [0.3, 0.4) is 0 Å². The molecule has 0 aliphatic heterocycles. The summed E-state index contributed by atoms with van der Waals surface area (Å²) in [5.41, 5.74) is 0. The molecule has 0 saturated heterocycles. The largest absolute Gasteiger partial charge is 0.314 e. The fourth-order valence-electron chi connectivity index (χ4n) is 4.51. The Morgan fingerprint density at radius 3 is 2.40 bits per heavy atom. The molecule has 2 aliphatic rings. The molecule has 5 unspecified atom stereocenters. The van der Waals surface area contributed by atoms with Gasteiger partial charge in [-0.15, -0.1) is 0 Å². The summed E-state index contributed by atoms with van der Waals surface area (Å²) in [6, 6.07) is 0.530. The molecule has 20 heavy (non-hydrogen) atoms. The third kappa shape index (κ3) is 3.76. The van der Waals surface area contributed by atoms with Gasteiger partial charge >= 0.3 is 0 Å². The SMILES string of the molecule is CCNC(C1CCCC(S(C)(=O)=O)C1)C1CCCC1C. The van der Waals surface area contributed by atoms with E-state index >= 15 is 0 Å². The Morgan fingerprint density at radius 1 is 1.15 bits per heavy atom. The highest BCUT2D eigenvalue weighted by atomic mass is 32.2. The van der Waals surface area contributed by atoms with Gasteiger partial charge in [0.05, 0.1) is 5.25 Å². The van der Waals surface area contributed by atoms with E-state index in [9.17, 15) is 8.42 Å². The lowest BCUT2D eigenvalue weighted by molar-refractivity contribution is 0.185. The Balaban J connectivity index is 2.08. The van der Waals surface area contributed by atoms with Crippen LogP contribution in [0.1, 0.15) is 58.8 Å². The van der Waals surface area contributed by atoms with Crippen molar-refractivity contribution in [2.24, 2.45) is 17.8 Å². The van der Waals surface area contributed by atoms with Crippen molar-refractivity contribution < 1.29 is 8.42 Å². The summed E-state index contributed by atoms with van der Waals surface area (Å²) in [6.07, 6.45) is 9.44. The molecule has 0 aromatic heterocycles. The van der Waals surface area contributed by atoms with E-state index in [1.807, 2.05) is 0 Å². The van der Waals surface area contributed by atoms with Crippen LogP contribution in [0, 0.1) is 17.8 Å². The van der Waals surface area contributed by atoms with E-state index in [0.717, 1.165) is 37.6 Å². The maximum absolute atomic E-state index is 11.9. The van der Waals surface area contributed by atoms with Crippen LogP contribution >= 0.6 is 0 Å². The first-order valence-corrected chi connectivity index (χ1v) is 10.3. The first-order valence-electron chi connectivity index (χ1n) is 8.35. The maximum Gasteiger partial charge on any atom is 0.150 e. The van der Waals surface area contributed by atoms with Gasteiger partial charge in [-0.05, 0) is 50.0 Å². The fourth-order valence-corrected chi connectivity index (χ4v) is 5.70. The van der Waals surface area contributed by atoms with Gasteiger partial charge in [-0.3, -0.25) is 0 Å². The van der Waals surface area contributed by atoms with Crippen LogP contribution in [0.2, 0.25) is 0 Å². The summed E-state index contributed by atoms with van der Waals surface area (Å²) in [5, 5.41) is 3.60. The molecule has 5 atom stereocenters. The molecule has 2 fully saturated rings. The second kappa shape index (κ2) is 6.78. The van der Waals surface area contributed by atoms with E-state index in [0.29, 0.717) is 12.0 Å². The summed E-state index contributed by atoms with van der Waals surface area (Å²) in [7, 11) is -2.87. The second-order valence-corrected chi connectivity index (χ2v) is 9.36. The molecule has 118 valence electrons. The molecule has 0 bridgehead atoms. The molecular weight excluding hydrogens is 270 g/mol. The molecule has 0 aromatic rings. The number of hydrogen-bond donors (Lipinski definition) is 1. The Kier molecular flexibility index (Phi) is 5.52. The summed E-state index contributed by atoms with van der Waals surface area (Å²) in [4.78, 5) is 0. The van der Waals surface area contributed by atoms with E-state index < -0.39 is 9.84 Å². The minimum atomic E-state index is -2.87. The van der Waals surface area contributed by atoms with Gasteiger partial charge in [-0.2, -0.15) is 0 Å². The molecule has 2 saturated carbocycles. The van der Waals surface area contributed by atoms with E-state index in [-0.39, 0.29) is 5.25 Å². The number of hydrogen-bond acceptors (Lipinski definition) is 3. The average molecular weight is 301 g/mol. The predicted molar refractivity (Wildman–Crippen MR) is 84.6 cm³/mol. The quantitative estimate of drug-likeness (QED) is 0.849. The monoisotopic (exact) mass is 301 g/mol. The predicted octanol–water partition coefficient (Wildman–Crippen LogP) is 3.00. The van der Waals surface area contributed by atoms with Gasteiger partial charge in [-0.1, -0.05) is 33.1 Å². The second-order valence-electron chi connectivity index (χ2n) is 7.03.